The molecule has 2 rings (SSSR count). The van der Waals surface area contributed by atoms with Gasteiger partial charge in [-0.1, -0.05) is 6.07 Å². The normalized spacial score (nSPS) is 19.9. The number of rotatable bonds is 5. The van der Waals surface area contributed by atoms with Gasteiger partial charge in [-0.2, -0.15) is 0 Å². The highest BCUT2D eigenvalue weighted by atomic mass is 16.5. The maximum Gasteiger partial charge on any atom is 0.312 e. The van der Waals surface area contributed by atoms with Crippen molar-refractivity contribution in [2.75, 3.05) is 26.9 Å². The van der Waals surface area contributed by atoms with E-state index in [1.165, 1.54) is 13.2 Å². The monoisotopic (exact) mass is 266 g/mol. The number of phenols is 1. The van der Waals surface area contributed by atoms with Crippen LogP contribution in [-0.2, 0) is 14.3 Å². The van der Waals surface area contributed by atoms with Gasteiger partial charge in [0, 0.05) is 18.6 Å². The Bertz CT molecular complexity index is 426. The average molecular weight is 266 g/mol. The third-order valence-corrected chi connectivity index (χ3v) is 3.29. The molecule has 0 aliphatic carbocycles. The average Bonchev–Trinajstić information content (AvgIpc) is 2.92. The molecule has 0 radical (unpaired) electrons. The van der Waals surface area contributed by atoms with Crippen molar-refractivity contribution >= 4 is 5.97 Å². The van der Waals surface area contributed by atoms with E-state index in [0.29, 0.717) is 19.0 Å². The molecule has 0 saturated carbocycles. The number of carbonyl (C=O) groups excluding carboxylic acids is 1. The van der Waals surface area contributed by atoms with Crippen LogP contribution < -0.4 is 4.74 Å². The standard InChI is InChI=1S/C14H18O5/c1-17-14(16)13(10-5-6-18-8-10)9-19-12-4-2-3-11(15)7-12/h2-4,7,10,13,15H,5-6,8-9H2,1H3. The Hall–Kier alpha value is -1.75. The van der Waals surface area contributed by atoms with Gasteiger partial charge in [0.05, 0.1) is 19.6 Å². The molecule has 1 N–H and O–H groups in total. The van der Waals surface area contributed by atoms with Gasteiger partial charge in [0.25, 0.3) is 0 Å². The molecule has 5 heteroatoms. The van der Waals surface area contributed by atoms with Crippen LogP contribution in [0.2, 0.25) is 0 Å². The fourth-order valence-corrected chi connectivity index (χ4v) is 2.18. The fraction of sp³-hybridized carbons (Fsp3) is 0.500. The van der Waals surface area contributed by atoms with Gasteiger partial charge in [-0.05, 0) is 18.6 Å². The van der Waals surface area contributed by atoms with Crippen molar-refractivity contribution in [3.63, 3.8) is 0 Å². The first-order valence-electron chi connectivity index (χ1n) is 6.28. The number of hydrogen-bond acceptors (Lipinski definition) is 5. The van der Waals surface area contributed by atoms with Gasteiger partial charge >= 0.3 is 5.97 Å². The lowest BCUT2D eigenvalue weighted by Crippen LogP contribution is -2.31. The zero-order chi connectivity index (χ0) is 13.7. The highest BCUT2D eigenvalue weighted by molar-refractivity contribution is 5.72. The van der Waals surface area contributed by atoms with Crippen molar-refractivity contribution in [1.82, 2.24) is 0 Å². The third-order valence-electron chi connectivity index (χ3n) is 3.29. The Morgan fingerprint density at radius 2 is 2.42 bits per heavy atom. The summed E-state index contributed by atoms with van der Waals surface area (Å²) in [6.07, 6.45) is 0.836. The van der Waals surface area contributed by atoms with E-state index in [4.69, 9.17) is 14.2 Å². The van der Waals surface area contributed by atoms with E-state index in [-0.39, 0.29) is 30.2 Å². The summed E-state index contributed by atoms with van der Waals surface area (Å²) in [4.78, 5) is 11.8. The molecule has 1 aliphatic heterocycles. The molecule has 2 atom stereocenters. The first-order valence-corrected chi connectivity index (χ1v) is 6.28. The minimum atomic E-state index is -0.338. The SMILES string of the molecule is COC(=O)C(COc1cccc(O)c1)C1CCOC1. The van der Waals surface area contributed by atoms with Crippen LogP contribution in [0.4, 0.5) is 0 Å². The zero-order valence-electron chi connectivity index (χ0n) is 10.9. The van der Waals surface area contributed by atoms with Gasteiger partial charge in [0.1, 0.15) is 18.1 Å². The molecule has 1 aromatic rings. The summed E-state index contributed by atoms with van der Waals surface area (Å²) in [6, 6.07) is 6.50. The van der Waals surface area contributed by atoms with Crippen molar-refractivity contribution in [3.05, 3.63) is 24.3 Å². The number of ether oxygens (including phenoxy) is 3. The lowest BCUT2D eigenvalue weighted by atomic mass is 9.92. The van der Waals surface area contributed by atoms with Crippen molar-refractivity contribution in [3.8, 4) is 11.5 Å². The largest absolute Gasteiger partial charge is 0.508 e. The van der Waals surface area contributed by atoms with Crippen LogP contribution in [0.15, 0.2) is 24.3 Å². The summed E-state index contributed by atoms with van der Waals surface area (Å²) < 4.78 is 15.7. The van der Waals surface area contributed by atoms with Gasteiger partial charge in [-0.25, -0.2) is 0 Å². The fourth-order valence-electron chi connectivity index (χ4n) is 2.18. The Morgan fingerprint density at radius 1 is 1.58 bits per heavy atom. The van der Waals surface area contributed by atoms with Crippen LogP contribution in [-0.4, -0.2) is 38.0 Å². The summed E-state index contributed by atoms with van der Waals surface area (Å²) >= 11 is 0. The minimum Gasteiger partial charge on any atom is -0.508 e. The summed E-state index contributed by atoms with van der Waals surface area (Å²) in [6.45, 7) is 1.46. The maximum atomic E-state index is 11.8. The van der Waals surface area contributed by atoms with Crippen LogP contribution in [0.1, 0.15) is 6.42 Å². The number of hydrogen-bond donors (Lipinski definition) is 1. The molecule has 0 amide bonds. The molecule has 19 heavy (non-hydrogen) atoms. The van der Waals surface area contributed by atoms with Crippen molar-refractivity contribution in [1.29, 1.82) is 0 Å². The Kier molecular flexibility index (Phi) is 4.63. The number of aromatic hydroxyl groups is 1. The van der Waals surface area contributed by atoms with Gasteiger partial charge < -0.3 is 19.3 Å². The zero-order valence-corrected chi connectivity index (χ0v) is 10.9. The van der Waals surface area contributed by atoms with E-state index in [1.807, 2.05) is 0 Å². The summed E-state index contributed by atoms with van der Waals surface area (Å²) in [5, 5.41) is 9.35. The molecule has 1 saturated heterocycles. The number of phenolic OH excluding ortho intramolecular Hbond substituents is 1. The predicted molar refractivity (Wildman–Crippen MR) is 68.0 cm³/mol. The van der Waals surface area contributed by atoms with Crippen molar-refractivity contribution < 1.29 is 24.1 Å². The third kappa shape index (κ3) is 3.61. The van der Waals surface area contributed by atoms with E-state index < -0.39 is 0 Å². The van der Waals surface area contributed by atoms with Crippen molar-refractivity contribution in [2.24, 2.45) is 11.8 Å². The molecular formula is C14H18O5. The molecule has 2 unspecified atom stereocenters. The number of carbonyl (C=O) groups is 1. The van der Waals surface area contributed by atoms with Crippen LogP contribution in [0.25, 0.3) is 0 Å². The topological polar surface area (TPSA) is 65.0 Å². The second-order valence-corrected chi connectivity index (χ2v) is 4.56. The molecule has 1 aromatic carbocycles. The lowest BCUT2D eigenvalue weighted by Gasteiger charge is -2.20. The molecule has 5 nitrogen and oxygen atoms in total. The summed E-state index contributed by atoms with van der Waals surface area (Å²) in [7, 11) is 1.37. The first kappa shape index (κ1) is 13.7. The number of methoxy groups -OCH3 is 1. The Labute approximate surface area is 112 Å². The molecule has 0 spiro atoms. The van der Waals surface area contributed by atoms with Crippen LogP contribution in [0.5, 0.6) is 11.5 Å². The van der Waals surface area contributed by atoms with Gasteiger partial charge in [-0.3, -0.25) is 4.79 Å². The quantitative estimate of drug-likeness (QED) is 0.820. The van der Waals surface area contributed by atoms with Crippen LogP contribution in [0.3, 0.4) is 0 Å². The Morgan fingerprint density at radius 3 is 3.05 bits per heavy atom. The minimum absolute atomic E-state index is 0.129. The predicted octanol–water partition coefficient (Wildman–Crippen LogP) is 1.60. The summed E-state index contributed by atoms with van der Waals surface area (Å²) in [5.41, 5.74) is 0. The molecule has 1 aliphatic rings. The van der Waals surface area contributed by atoms with Gasteiger partial charge in [0.2, 0.25) is 0 Å². The molecule has 0 aromatic heterocycles. The summed E-state index contributed by atoms with van der Waals surface area (Å²) in [5.74, 6) is 0.180. The maximum absolute atomic E-state index is 11.8. The van der Waals surface area contributed by atoms with Gasteiger partial charge in [0.15, 0.2) is 0 Å². The second-order valence-electron chi connectivity index (χ2n) is 4.56. The first-order chi connectivity index (χ1) is 9.20. The van der Waals surface area contributed by atoms with Crippen LogP contribution >= 0.6 is 0 Å². The van der Waals surface area contributed by atoms with Crippen LogP contribution in [0, 0.1) is 11.8 Å². The van der Waals surface area contributed by atoms with Crippen molar-refractivity contribution in [2.45, 2.75) is 6.42 Å². The molecule has 104 valence electrons. The molecule has 0 bridgehead atoms. The van der Waals surface area contributed by atoms with E-state index in [0.717, 1.165) is 6.42 Å². The van der Waals surface area contributed by atoms with Gasteiger partial charge in [-0.15, -0.1) is 0 Å². The highest BCUT2D eigenvalue weighted by Gasteiger charge is 2.32. The Balaban J connectivity index is 1.97. The van der Waals surface area contributed by atoms with E-state index in [1.54, 1.807) is 18.2 Å². The van der Waals surface area contributed by atoms with E-state index in [2.05, 4.69) is 0 Å². The lowest BCUT2D eigenvalue weighted by molar-refractivity contribution is -0.148. The van der Waals surface area contributed by atoms with E-state index >= 15 is 0 Å². The van der Waals surface area contributed by atoms with E-state index in [9.17, 15) is 9.90 Å². The highest BCUT2D eigenvalue weighted by Crippen LogP contribution is 2.25. The smallest absolute Gasteiger partial charge is 0.312 e. The number of esters is 1. The molecular weight excluding hydrogens is 248 g/mol. The number of benzene rings is 1. The second kappa shape index (κ2) is 6.43. The molecule has 1 heterocycles. The molecule has 1 fully saturated rings.